The van der Waals surface area contributed by atoms with Gasteiger partial charge in [0.1, 0.15) is 11.6 Å². The van der Waals surface area contributed by atoms with E-state index in [2.05, 4.69) is 21.7 Å². The maximum atomic E-state index is 9.66. The maximum absolute atomic E-state index is 9.66. The van der Waals surface area contributed by atoms with E-state index in [0.717, 1.165) is 61.4 Å². The Kier molecular flexibility index (Phi) is 6.91. The molecule has 3 heterocycles. The molecule has 4 N–H and O–H groups in total. The summed E-state index contributed by atoms with van der Waals surface area (Å²) in [5, 5.41) is 17.1. The molecule has 8 heteroatoms. The number of nitrogens with zero attached hydrogens (tertiary/aromatic N) is 3. The molecule has 4 rings (SSSR count). The summed E-state index contributed by atoms with van der Waals surface area (Å²) < 4.78 is 5.41. The highest BCUT2D eigenvalue weighted by atomic mass is 35.5. The lowest BCUT2D eigenvalue weighted by Crippen LogP contribution is -2.34. The van der Waals surface area contributed by atoms with Crippen LogP contribution < -0.4 is 16.4 Å². The highest BCUT2D eigenvalue weighted by Crippen LogP contribution is 2.32. The van der Waals surface area contributed by atoms with Crippen LogP contribution in [0.25, 0.3) is 11.3 Å². The zero-order chi connectivity index (χ0) is 21.7. The fourth-order valence-electron chi connectivity index (χ4n) is 4.22. The van der Waals surface area contributed by atoms with Crippen LogP contribution in [0.3, 0.4) is 0 Å². The third-order valence-electron chi connectivity index (χ3n) is 6.30. The average Bonchev–Trinajstić information content (AvgIpc) is 2.81. The average molecular weight is 441 g/mol. The number of pyridine rings is 2. The smallest absolute Gasteiger partial charge is 0.126 e. The molecule has 2 aliphatic rings. The Morgan fingerprint density at radius 2 is 1.97 bits per heavy atom. The summed E-state index contributed by atoms with van der Waals surface area (Å²) in [6, 6.07) is 10.9. The number of aromatic nitrogens is 2. The van der Waals surface area contributed by atoms with Crippen molar-refractivity contribution in [2.75, 3.05) is 30.4 Å². The Balaban J connectivity index is 1.47. The maximum Gasteiger partial charge on any atom is 0.126 e. The number of nitrogens with one attached hydrogen (secondary N) is 2. The molecule has 0 bridgehead atoms. The first-order valence-electron chi connectivity index (χ1n) is 10.9. The Bertz CT molecular complexity index is 932. The second-order valence-electron chi connectivity index (χ2n) is 8.57. The second-order valence-corrected chi connectivity index (χ2v) is 8.98. The minimum absolute atomic E-state index is 0.313. The summed E-state index contributed by atoms with van der Waals surface area (Å²) in [5.41, 5.74) is 7.20. The van der Waals surface area contributed by atoms with Crippen molar-refractivity contribution >= 4 is 23.2 Å². The van der Waals surface area contributed by atoms with Crippen LogP contribution in [0.5, 0.6) is 0 Å². The molecule has 0 amide bonds. The van der Waals surface area contributed by atoms with E-state index < -0.39 is 5.41 Å². The molecule has 31 heavy (non-hydrogen) atoms. The number of hydrogen-bond donors (Lipinski definition) is 3. The zero-order valence-corrected chi connectivity index (χ0v) is 18.4. The summed E-state index contributed by atoms with van der Waals surface area (Å²) in [6.45, 7) is 1.79. The SMILES string of the molecule is N#CC1(CNc2cccc(-c3cc(NC4CCC(N)CC4)ncc3Cl)n2)CCOCC1. The minimum Gasteiger partial charge on any atom is -0.381 e. The topological polar surface area (TPSA) is 109 Å². The first-order chi connectivity index (χ1) is 15.1. The molecule has 2 fully saturated rings. The molecule has 0 atom stereocenters. The third kappa shape index (κ3) is 5.45. The van der Waals surface area contributed by atoms with Gasteiger partial charge in [-0.2, -0.15) is 5.26 Å². The number of anilines is 2. The highest BCUT2D eigenvalue weighted by Gasteiger charge is 2.32. The van der Waals surface area contributed by atoms with E-state index >= 15 is 0 Å². The van der Waals surface area contributed by atoms with E-state index in [0.29, 0.717) is 36.9 Å². The van der Waals surface area contributed by atoms with Crippen molar-refractivity contribution in [2.45, 2.75) is 50.6 Å². The number of nitriles is 1. The van der Waals surface area contributed by atoms with Crippen LogP contribution in [0.2, 0.25) is 5.02 Å². The lowest BCUT2D eigenvalue weighted by molar-refractivity contribution is 0.0455. The first kappa shape index (κ1) is 21.8. The molecule has 1 saturated carbocycles. The van der Waals surface area contributed by atoms with Gasteiger partial charge in [0.2, 0.25) is 0 Å². The van der Waals surface area contributed by atoms with Crippen LogP contribution in [0.15, 0.2) is 30.5 Å². The van der Waals surface area contributed by atoms with Crippen LogP contribution in [-0.4, -0.2) is 41.8 Å². The van der Waals surface area contributed by atoms with Crippen molar-refractivity contribution in [3.63, 3.8) is 0 Å². The predicted molar refractivity (Wildman–Crippen MR) is 123 cm³/mol. The molecule has 0 spiro atoms. The Morgan fingerprint density at radius 1 is 1.19 bits per heavy atom. The summed E-state index contributed by atoms with van der Waals surface area (Å²) in [7, 11) is 0. The van der Waals surface area contributed by atoms with Crippen molar-refractivity contribution in [3.05, 3.63) is 35.5 Å². The monoisotopic (exact) mass is 440 g/mol. The van der Waals surface area contributed by atoms with E-state index in [4.69, 9.17) is 27.1 Å². The quantitative estimate of drug-likeness (QED) is 0.617. The number of hydrogen-bond acceptors (Lipinski definition) is 7. The standard InChI is InChI=1S/C23H29ClN6O/c24-19-13-27-22(29-17-6-4-16(26)5-7-17)12-18(19)20-2-1-3-21(30-20)28-15-23(14-25)8-10-31-11-9-23/h1-3,12-13,16-17H,4-11,15,26H2,(H,27,29)(H,28,30). The Hall–Kier alpha value is -2.40. The molecule has 1 aliphatic carbocycles. The van der Waals surface area contributed by atoms with Gasteiger partial charge in [0.25, 0.3) is 0 Å². The lowest BCUT2D eigenvalue weighted by Gasteiger charge is -2.30. The van der Waals surface area contributed by atoms with Crippen LogP contribution in [0.1, 0.15) is 38.5 Å². The first-order valence-corrected chi connectivity index (χ1v) is 11.3. The van der Waals surface area contributed by atoms with Gasteiger partial charge in [0.05, 0.1) is 22.2 Å². The summed E-state index contributed by atoms with van der Waals surface area (Å²) in [4.78, 5) is 9.20. The molecular weight excluding hydrogens is 412 g/mol. The van der Waals surface area contributed by atoms with Gasteiger partial charge in [0, 0.05) is 43.6 Å². The molecule has 7 nitrogen and oxygen atoms in total. The van der Waals surface area contributed by atoms with Gasteiger partial charge in [-0.1, -0.05) is 17.7 Å². The third-order valence-corrected chi connectivity index (χ3v) is 6.60. The van der Waals surface area contributed by atoms with Crippen molar-refractivity contribution in [1.29, 1.82) is 5.26 Å². The van der Waals surface area contributed by atoms with E-state index in [1.165, 1.54) is 0 Å². The van der Waals surface area contributed by atoms with Gasteiger partial charge in [-0.25, -0.2) is 9.97 Å². The van der Waals surface area contributed by atoms with Crippen LogP contribution in [0.4, 0.5) is 11.6 Å². The van der Waals surface area contributed by atoms with Crippen molar-refractivity contribution < 1.29 is 4.74 Å². The number of halogens is 1. The summed E-state index contributed by atoms with van der Waals surface area (Å²) in [5.74, 6) is 1.52. The van der Waals surface area contributed by atoms with Crippen molar-refractivity contribution in [3.8, 4) is 17.3 Å². The molecule has 0 radical (unpaired) electrons. The fraction of sp³-hybridized carbons (Fsp3) is 0.522. The number of ether oxygens (including phenoxy) is 1. The second kappa shape index (κ2) is 9.82. The zero-order valence-electron chi connectivity index (χ0n) is 17.6. The van der Waals surface area contributed by atoms with Crippen molar-refractivity contribution in [1.82, 2.24) is 9.97 Å². The van der Waals surface area contributed by atoms with E-state index in [1.807, 2.05) is 24.3 Å². The van der Waals surface area contributed by atoms with Gasteiger partial charge in [-0.05, 0) is 56.7 Å². The molecule has 164 valence electrons. The Labute approximate surface area is 188 Å². The molecule has 0 aromatic carbocycles. The molecule has 1 aliphatic heterocycles. The predicted octanol–water partition coefficient (Wildman–Crippen LogP) is 4.21. The molecule has 2 aromatic rings. The van der Waals surface area contributed by atoms with E-state index in [1.54, 1.807) is 6.20 Å². The Morgan fingerprint density at radius 3 is 2.71 bits per heavy atom. The summed E-state index contributed by atoms with van der Waals surface area (Å²) in [6.07, 6.45) is 7.28. The van der Waals surface area contributed by atoms with Crippen LogP contribution in [-0.2, 0) is 4.74 Å². The molecule has 0 unspecified atom stereocenters. The van der Waals surface area contributed by atoms with E-state index in [-0.39, 0.29) is 0 Å². The van der Waals surface area contributed by atoms with Gasteiger partial charge in [-0.3, -0.25) is 0 Å². The highest BCUT2D eigenvalue weighted by molar-refractivity contribution is 6.33. The molecule has 2 aromatic heterocycles. The summed E-state index contributed by atoms with van der Waals surface area (Å²) >= 11 is 6.46. The van der Waals surface area contributed by atoms with Crippen LogP contribution >= 0.6 is 11.6 Å². The van der Waals surface area contributed by atoms with Gasteiger partial charge >= 0.3 is 0 Å². The van der Waals surface area contributed by atoms with Gasteiger partial charge in [-0.15, -0.1) is 0 Å². The number of nitrogens with two attached hydrogens (primary N) is 1. The molecular formula is C23H29ClN6O. The van der Waals surface area contributed by atoms with Gasteiger partial charge in [0.15, 0.2) is 0 Å². The largest absolute Gasteiger partial charge is 0.381 e. The van der Waals surface area contributed by atoms with Crippen molar-refractivity contribution in [2.24, 2.45) is 11.1 Å². The lowest BCUT2D eigenvalue weighted by atomic mass is 9.82. The normalized spacial score (nSPS) is 23.0. The van der Waals surface area contributed by atoms with Crippen LogP contribution in [0, 0.1) is 16.7 Å². The van der Waals surface area contributed by atoms with E-state index in [9.17, 15) is 5.26 Å². The number of rotatable bonds is 6. The molecule has 1 saturated heterocycles. The fourth-order valence-corrected chi connectivity index (χ4v) is 4.42. The van der Waals surface area contributed by atoms with Gasteiger partial charge < -0.3 is 21.1 Å². The minimum atomic E-state index is -0.413.